The predicted octanol–water partition coefficient (Wildman–Crippen LogP) is 2.53. The molecule has 7 nitrogen and oxygen atoms in total. The van der Waals surface area contributed by atoms with Crippen LogP contribution in [0.15, 0.2) is 10.6 Å². The summed E-state index contributed by atoms with van der Waals surface area (Å²) in [5, 5.41) is 10.0. The van der Waals surface area contributed by atoms with E-state index in [1.54, 1.807) is 4.90 Å². The first-order chi connectivity index (χ1) is 12.1. The van der Waals surface area contributed by atoms with Crippen molar-refractivity contribution in [3.63, 3.8) is 0 Å². The van der Waals surface area contributed by atoms with Crippen LogP contribution < -0.4 is 10.6 Å². The van der Waals surface area contributed by atoms with E-state index >= 15 is 0 Å². The molecule has 138 valence electrons. The lowest BCUT2D eigenvalue weighted by Gasteiger charge is -2.43. The topological polar surface area (TPSA) is 87.5 Å². The Bertz CT molecular complexity index is 611. The summed E-state index contributed by atoms with van der Waals surface area (Å²) >= 11 is 0. The van der Waals surface area contributed by atoms with Gasteiger partial charge in [0.25, 0.3) is 0 Å². The first-order valence-electron chi connectivity index (χ1n) is 9.41. The highest BCUT2D eigenvalue weighted by atomic mass is 16.5. The van der Waals surface area contributed by atoms with Gasteiger partial charge in [-0.3, -0.25) is 4.79 Å². The van der Waals surface area contributed by atoms with Crippen LogP contribution in [-0.2, 0) is 11.3 Å². The van der Waals surface area contributed by atoms with E-state index < -0.39 is 0 Å². The molecule has 1 aromatic rings. The van der Waals surface area contributed by atoms with Gasteiger partial charge in [0.15, 0.2) is 5.76 Å². The first kappa shape index (κ1) is 17.8. The number of hydrogen-bond acceptors (Lipinski definition) is 4. The SMILES string of the molecule is CCC(CC)c1cc(CNC(=O)N2CC(=O)N[C@H]3CCCC[C@@H]32)on1. The van der Waals surface area contributed by atoms with Gasteiger partial charge in [-0.25, -0.2) is 4.79 Å². The van der Waals surface area contributed by atoms with Gasteiger partial charge in [0, 0.05) is 18.0 Å². The number of nitrogens with one attached hydrogen (secondary N) is 2. The average molecular weight is 348 g/mol. The van der Waals surface area contributed by atoms with Crippen LogP contribution in [0.2, 0.25) is 0 Å². The van der Waals surface area contributed by atoms with E-state index in [9.17, 15) is 9.59 Å². The van der Waals surface area contributed by atoms with E-state index in [1.165, 1.54) is 0 Å². The Hall–Kier alpha value is -2.05. The molecule has 25 heavy (non-hydrogen) atoms. The number of carbonyl (C=O) groups is 2. The molecule has 0 unspecified atom stereocenters. The van der Waals surface area contributed by atoms with Crippen LogP contribution in [0.25, 0.3) is 0 Å². The molecule has 1 aromatic heterocycles. The van der Waals surface area contributed by atoms with Gasteiger partial charge in [0.1, 0.15) is 6.54 Å². The molecule has 3 amide bonds. The fourth-order valence-electron chi connectivity index (χ4n) is 3.98. The second-order valence-corrected chi connectivity index (χ2v) is 7.04. The molecule has 2 N–H and O–H groups in total. The van der Waals surface area contributed by atoms with Crippen molar-refractivity contribution >= 4 is 11.9 Å². The standard InChI is InChI=1S/C18H28N4O3/c1-3-12(4-2)15-9-13(25-21-15)10-19-18(24)22-11-17(23)20-14-7-5-6-8-16(14)22/h9,12,14,16H,3-8,10-11H2,1-2H3,(H,19,24)(H,20,23)/t14-,16-/m0/s1. The zero-order chi connectivity index (χ0) is 17.8. The monoisotopic (exact) mass is 348 g/mol. The summed E-state index contributed by atoms with van der Waals surface area (Å²) in [6.07, 6.45) is 6.12. The number of rotatable bonds is 5. The third kappa shape index (κ3) is 3.96. The Morgan fingerprint density at radius 2 is 2.16 bits per heavy atom. The van der Waals surface area contributed by atoms with Gasteiger partial charge >= 0.3 is 6.03 Å². The zero-order valence-corrected chi connectivity index (χ0v) is 15.1. The molecule has 1 aliphatic heterocycles. The molecule has 2 atom stereocenters. The van der Waals surface area contributed by atoms with Crippen molar-refractivity contribution in [2.24, 2.45) is 0 Å². The second-order valence-electron chi connectivity index (χ2n) is 7.04. The summed E-state index contributed by atoms with van der Waals surface area (Å²) < 4.78 is 5.35. The third-order valence-corrected chi connectivity index (χ3v) is 5.45. The quantitative estimate of drug-likeness (QED) is 0.856. The van der Waals surface area contributed by atoms with Gasteiger partial charge in [0.2, 0.25) is 5.91 Å². The number of aromatic nitrogens is 1. The van der Waals surface area contributed by atoms with Crippen molar-refractivity contribution in [3.05, 3.63) is 17.5 Å². The molecule has 0 bridgehead atoms. The van der Waals surface area contributed by atoms with E-state index in [4.69, 9.17) is 4.52 Å². The van der Waals surface area contributed by atoms with Gasteiger partial charge in [-0.2, -0.15) is 0 Å². The second kappa shape index (κ2) is 7.89. The molecular formula is C18H28N4O3. The molecule has 7 heteroatoms. The Labute approximate surface area is 148 Å². The number of amides is 3. The maximum absolute atomic E-state index is 12.6. The molecular weight excluding hydrogens is 320 g/mol. The summed E-state index contributed by atoms with van der Waals surface area (Å²) in [5.74, 6) is 0.966. The lowest BCUT2D eigenvalue weighted by molar-refractivity contribution is -0.126. The Kier molecular flexibility index (Phi) is 5.60. The molecule has 1 saturated carbocycles. The Balaban J connectivity index is 1.59. The lowest BCUT2D eigenvalue weighted by Crippen LogP contribution is -2.64. The van der Waals surface area contributed by atoms with Crippen LogP contribution in [0, 0.1) is 0 Å². The molecule has 2 aliphatic rings. The summed E-state index contributed by atoms with van der Waals surface area (Å²) in [5.41, 5.74) is 0.943. The maximum Gasteiger partial charge on any atom is 0.318 e. The lowest BCUT2D eigenvalue weighted by atomic mass is 9.87. The van der Waals surface area contributed by atoms with Gasteiger partial charge in [-0.05, 0) is 25.7 Å². The highest BCUT2D eigenvalue weighted by molar-refractivity contribution is 5.86. The first-order valence-corrected chi connectivity index (χ1v) is 9.41. The smallest absolute Gasteiger partial charge is 0.318 e. The van der Waals surface area contributed by atoms with Crippen molar-refractivity contribution < 1.29 is 14.1 Å². The van der Waals surface area contributed by atoms with E-state index in [1.807, 2.05) is 6.07 Å². The molecule has 0 spiro atoms. The van der Waals surface area contributed by atoms with Crippen molar-refractivity contribution in [1.29, 1.82) is 0 Å². The summed E-state index contributed by atoms with van der Waals surface area (Å²) in [6, 6.07) is 1.91. The highest BCUT2D eigenvalue weighted by Gasteiger charge is 2.38. The number of hydrogen-bond donors (Lipinski definition) is 2. The number of carbonyl (C=O) groups excluding carboxylic acids is 2. The largest absolute Gasteiger partial charge is 0.359 e. The number of fused-ring (bicyclic) bond motifs is 1. The Morgan fingerprint density at radius 3 is 2.92 bits per heavy atom. The van der Waals surface area contributed by atoms with E-state index in [-0.39, 0.29) is 30.6 Å². The van der Waals surface area contributed by atoms with Crippen LogP contribution in [0.5, 0.6) is 0 Å². The van der Waals surface area contributed by atoms with Gasteiger partial charge in [0.05, 0.1) is 18.3 Å². The van der Waals surface area contributed by atoms with E-state index in [0.29, 0.717) is 18.2 Å². The minimum Gasteiger partial charge on any atom is -0.359 e. The molecule has 1 saturated heterocycles. The minimum absolute atomic E-state index is 0.0750. The fourth-order valence-corrected chi connectivity index (χ4v) is 3.98. The van der Waals surface area contributed by atoms with Crippen LogP contribution in [-0.4, -0.2) is 40.6 Å². The van der Waals surface area contributed by atoms with Crippen LogP contribution >= 0.6 is 0 Å². The van der Waals surface area contributed by atoms with Crippen molar-refractivity contribution in [2.75, 3.05) is 6.54 Å². The normalized spacial score (nSPS) is 23.3. The minimum atomic E-state index is -0.202. The Morgan fingerprint density at radius 1 is 1.40 bits per heavy atom. The summed E-state index contributed by atoms with van der Waals surface area (Å²) in [4.78, 5) is 26.2. The number of piperazine rings is 1. The van der Waals surface area contributed by atoms with Crippen molar-refractivity contribution in [2.45, 2.75) is 76.9 Å². The van der Waals surface area contributed by atoms with Gasteiger partial charge in [-0.1, -0.05) is 31.8 Å². The molecule has 2 heterocycles. The predicted molar refractivity (Wildman–Crippen MR) is 93.0 cm³/mol. The van der Waals surface area contributed by atoms with Crippen LogP contribution in [0.4, 0.5) is 4.79 Å². The van der Waals surface area contributed by atoms with E-state index in [0.717, 1.165) is 44.2 Å². The molecule has 3 rings (SSSR count). The van der Waals surface area contributed by atoms with Gasteiger partial charge < -0.3 is 20.1 Å². The van der Waals surface area contributed by atoms with Crippen molar-refractivity contribution in [1.82, 2.24) is 20.7 Å². The van der Waals surface area contributed by atoms with Crippen LogP contribution in [0.1, 0.15) is 69.7 Å². The molecule has 2 fully saturated rings. The average Bonchev–Trinajstić information content (AvgIpc) is 3.08. The fraction of sp³-hybridized carbons (Fsp3) is 0.722. The molecule has 0 radical (unpaired) electrons. The highest BCUT2D eigenvalue weighted by Crippen LogP contribution is 2.26. The molecule has 0 aromatic carbocycles. The van der Waals surface area contributed by atoms with Crippen LogP contribution in [0.3, 0.4) is 0 Å². The zero-order valence-electron chi connectivity index (χ0n) is 15.1. The number of nitrogens with zero attached hydrogens (tertiary/aromatic N) is 2. The van der Waals surface area contributed by atoms with Crippen molar-refractivity contribution in [3.8, 4) is 0 Å². The maximum atomic E-state index is 12.6. The van der Waals surface area contributed by atoms with E-state index in [2.05, 4.69) is 29.6 Å². The van der Waals surface area contributed by atoms with Gasteiger partial charge in [-0.15, -0.1) is 0 Å². The summed E-state index contributed by atoms with van der Waals surface area (Å²) in [6.45, 7) is 4.68. The number of urea groups is 1. The molecule has 1 aliphatic carbocycles. The third-order valence-electron chi connectivity index (χ3n) is 5.45. The summed E-state index contributed by atoms with van der Waals surface area (Å²) in [7, 11) is 0.